The Morgan fingerprint density at radius 3 is 2.81 bits per heavy atom. The largest absolute Gasteiger partial charge is 0.495 e. The first-order valence-corrected chi connectivity index (χ1v) is 13.6. The number of alkyl halides is 1. The van der Waals surface area contributed by atoms with Crippen LogP contribution in [0.25, 0.3) is 11.7 Å². The summed E-state index contributed by atoms with van der Waals surface area (Å²) >= 11 is 0. The molecule has 0 radical (unpaired) electrons. The van der Waals surface area contributed by atoms with E-state index in [0.717, 1.165) is 12.8 Å². The number of sulfone groups is 1. The first-order chi connectivity index (χ1) is 17.6. The van der Waals surface area contributed by atoms with Crippen molar-refractivity contribution in [2.45, 2.75) is 23.5 Å². The average molecular weight is 527 g/mol. The van der Waals surface area contributed by atoms with E-state index < -0.39 is 16.0 Å². The number of fused-ring (bicyclic) bond motifs is 1. The van der Waals surface area contributed by atoms with E-state index in [4.69, 9.17) is 15.5 Å². The smallest absolute Gasteiger partial charge is 0.175 e. The van der Waals surface area contributed by atoms with Crippen molar-refractivity contribution in [2.75, 3.05) is 56.4 Å². The number of aromatic nitrogens is 2. The van der Waals surface area contributed by atoms with Crippen molar-refractivity contribution >= 4 is 38.6 Å². The van der Waals surface area contributed by atoms with Crippen LogP contribution in [0, 0.1) is 11.8 Å². The molecule has 0 amide bonds. The van der Waals surface area contributed by atoms with Gasteiger partial charge in [0, 0.05) is 31.6 Å². The number of piperidine rings is 1. The lowest BCUT2D eigenvalue weighted by atomic mass is 10.0. The molecular formula is C26H31FN6O3S. The molecule has 0 aliphatic carbocycles. The van der Waals surface area contributed by atoms with Gasteiger partial charge in [-0.1, -0.05) is 12.5 Å². The van der Waals surface area contributed by atoms with Gasteiger partial charge in [0.2, 0.25) is 0 Å². The second-order valence-electron chi connectivity index (χ2n) is 9.04. The highest BCUT2D eigenvalue weighted by Gasteiger charge is 2.28. The summed E-state index contributed by atoms with van der Waals surface area (Å²) in [5.41, 5.74) is 9.67. The molecule has 1 aliphatic heterocycles. The third kappa shape index (κ3) is 5.81. The standard InChI is InChI=1S/C26H31FN6O3S/c1-5-24-21(7-6-11-29-22-9-8-18(37(4,34)35)14-25(22)36-3)31-26-23(13-17(28)15-33(24)26)30-20-10-12-32(2)16-19(20)27/h5,8-9,13-15,19-20,29-30H,1,10-12,16,28H2,2-4H3/t19-,20+/m0/s1. The molecule has 0 bridgehead atoms. The number of pyridine rings is 1. The van der Waals surface area contributed by atoms with E-state index in [1.54, 1.807) is 28.8 Å². The number of hydrogen-bond acceptors (Lipinski definition) is 8. The van der Waals surface area contributed by atoms with E-state index in [9.17, 15) is 12.8 Å². The second kappa shape index (κ2) is 10.7. The summed E-state index contributed by atoms with van der Waals surface area (Å²) in [6.45, 7) is 5.32. The molecule has 4 N–H and O–H groups in total. The number of likely N-dealkylation sites (tertiary alicyclic amines) is 1. The van der Waals surface area contributed by atoms with Crippen molar-refractivity contribution in [3.8, 4) is 17.6 Å². The molecule has 1 aromatic carbocycles. The van der Waals surface area contributed by atoms with Crippen molar-refractivity contribution in [3.05, 3.63) is 48.4 Å². The molecule has 196 valence electrons. The van der Waals surface area contributed by atoms with E-state index in [1.165, 1.54) is 19.2 Å². The number of imidazole rings is 1. The van der Waals surface area contributed by atoms with Crippen LogP contribution >= 0.6 is 0 Å². The maximum absolute atomic E-state index is 14.7. The van der Waals surface area contributed by atoms with Crippen molar-refractivity contribution in [1.29, 1.82) is 0 Å². The molecule has 11 heteroatoms. The fourth-order valence-electron chi connectivity index (χ4n) is 4.31. The van der Waals surface area contributed by atoms with Crippen molar-refractivity contribution in [1.82, 2.24) is 14.3 Å². The van der Waals surface area contributed by atoms with Gasteiger partial charge >= 0.3 is 0 Å². The summed E-state index contributed by atoms with van der Waals surface area (Å²) < 4.78 is 45.4. The highest BCUT2D eigenvalue weighted by atomic mass is 32.2. The molecule has 1 aliphatic rings. The molecule has 37 heavy (non-hydrogen) atoms. The van der Waals surface area contributed by atoms with Gasteiger partial charge in [-0.05, 0) is 43.7 Å². The SMILES string of the molecule is C=Cc1c(C#CCNc2ccc(S(C)(=O)=O)cc2OC)nc2c(N[C@@H]3CCN(C)C[C@@H]3F)cc(N)cn12. The Balaban J connectivity index is 1.57. The van der Waals surface area contributed by atoms with Gasteiger partial charge in [-0.25, -0.2) is 17.8 Å². The van der Waals surface area contributed by atoms with Crippen molar-refractivity contribution in [3.63, 3.8) is 0 Å². The molecule has 2 aromatic heterocycles. The number of nitrogens with zero attached hydrogens (tertiary/aromatic N) is 3. The maximum Gasteiger partial charge on any atom is 0.175 e. The predicted octanol–water partition coefficient (Wildman–Crippen LogP) is 2.89. The summed E-state index contributed by atoms with van der Waals surface area (Å²) in [7, 11) is 0.0329. The first kappa shape index (κ1) is 26.3. The van der Waals surface area contributed by atoms with Crippen LogP contribution in [0.4, 0.5) is 21.5 Å². The zero-order chi connectivity index (χ0) is 26.7. The summed E-state index contributed by atoms with van der Waals surface area (Å²) in [5, 5.41) is 6.44. The van der Waals surface area contributed by atoms with Crippen LogP contribution < -0.4 is 21.1 Å². The molecular weight excluding hydrogens is 495 g/mol. The second-order valence-corrected chi connectivity index (χ2v) is 11.1. The molecule has 0 spiro atoms. The Hall–Kier alpha value is -3.75. The topological polar surface area (TPSA) is 114 Å². The number of halogens is 1. The Bertz CT molecular complexity index is 1490. The Morgan fingerprint density at radius 2 is 2.14 bits per heavy atom. The van der Waals surface area contributed by atoms with Crippen LogP contribution in [0.15, 0.2) is 41.9 Å². The van der Waals surface area contributed by atoms with Gasteiger partial charge in [0.05, 0.1) is 47.3 Å². The average Bonchev–Trinajstić information content (AvgIpc) is 3.20. The van der Waals surface area contributed by atoms with E-state index in [1.807, 2.05) is 11.9 Å². The number of ether oxygens (including phenoxy) is 1. The number of nitrogen functional groups attached to an aromatic ring is 1. The van der Waals surface area contributed by atoms with Gasteiger partial charge in [0.1, 0.15) is 17.6 Å². The fourth-order valence-corrected chi connectivity index (χ4v) is 4.95. The highest BCUT2D eigenvalue weighted by molar-refractivity contribution is 7.90. The third-order valence-electron chi connectivity index (χ3n) is 6.23. The predicted molar refractivity (Wildman–Crippen MR) is 146 cm³/mol. The summed E-state index contributed by atoms with van der Waals surface area (Å²) in [4.78, 5) is 6.84. The third-order valence-corrected chi connectivity index (χ3v) is 7.34. The van der Waals surface area contributed by atoms with Crippen LogP contribution in [-0.2, 0) is 9.84 Å². The molecule has 4 rings (SSSR count). The number of rotatable bonds is 7. The Labute approximate surface area is 216 Å². The zero-order valence-electron chi connectivity index (χ0n) is 21.1. The van der Waals surface area contributed by atoms with Gasteiger partial charge in [0.15, 0.2) is 15.5 Å². The van der Waals surface area contributed by atoms with Gasteiger partial charge in [-0.15, -0.1) is 0 Å². The summed E-state index contributed by atoms with van der Waals surface area (Å²) in [6, 6.07) is 6.03. The van der Waals surface area contributed by atoms with Crippen molar-refractivity contribution < 1.29 is 17.5 Å². The number of benzene rings is 1. The molecule has 0 unspecified atom stereocenters. The van der Waals surface area contributed by atoms with Crippen LogP contribution in [0.3, 0.4) is 0 Å². The minimum Gasteiger partial charge on any atom is -0.495 e. The van der Waals surface area contributed by atoms with E-state index in [-0.39, 0.29) is 17.5 Å². The molecule has 1 saturated heterocycles. The molecule has 0 saturated carbocycles. The lowest BCUT2D eigenvalue weighted by Crippen LogP contribution is -2.46. The molecule has 2 atom stereocenters. The molecule has 1 fully saturated rings. The van der Waals surface area contributed by atoms with Crippen LogP contribution in [0.5, 0.6) is 5.75 Å². The van der Waals surface area contributed by atoms with Crippen LogP contribution in [-0.4, -0.2) is 75.0 Å². The maximum atomic E-state index is 14.7. The van der Waals surface area contributed by atoms with E-state index in [0.29, 0.717) is 52.8 Å². The number of methoxy groups -OCH3 is 1. The highest BCUT2D eigenvalue weighted by Crippen LogP contribution is 2.28. The minimum absolute atomic E-state index is 0.171. The van der Waals surface area contributed by atoms with Gasteiger partial charge in [-0.3, -0.25) is 4.40 Å². The minimum atomic E-state index is -3.35. The Morgan fingerprint density at radius 1 is 1.35 bits per heavy atom. The zero-order valence-corrected chi connectivity index (χ0v) is 21.9. The molecule has 3 aromatic rings. The summed E-state index contributed by atoms with van der Waals surface area (Å²) in [5.74, 6) is 6.49. The fraction of sp³-hybridized carbons (Fsp3) is 0.346. The van der Waals surface area contributed by atoms with Crippen molar-refractivity contribution in [2.24, 2.45) is 0 Å². The van der Waals surface area contributed by atoms with E-state index >= 15 is 0 Å². The number of nitrogens with one attached hydrogen (secondary N) is 2. The number of anilines is 3. The van der Waals surface area contributed by atoms with Crippen LogP contribution in [0.2, 0.25) is 0 Å². The summed E-state index contributed by atoms with van der Waals surface area (Å²) in [6.07, 6.45) is 4.19. The van der Waals surface area contributed by atoms with Crippen LogP contribution in [0.1, 0.15) is 17.8 Å². The molecule has 3 heterocycles. The molecule has 9 nitrogen and oxygen atoms in total. The van der Waals surface area contributed by atoms with Gasteiger partial charge in [-0.2, -0.15) is 0 Å². The normalized spacial score (nSPS) is 18.2. The monoisotopic (exact) mass is 526 g/mol. The van der Waals surface area contributed by atoms with E-state index in [2.05, 4.69) is 29.1 Å². The van der Waals surface area contributed by atoms with Gasteiger partial charge in [0.25, 0.3) is 0 Å². The van der Waals surface area contributed by atoms with Gasteiger partial charge < -0.3 is 26.0 Å². The number of nitrogens with two attached hydrogens (primary N) is 1. The number of hydrogen-bond donors (Lipinski definition) is 3. The lowest BCUT2D eigenvalue weighted by molar-refractivity contribution is 0.149. The first-order valence-electron chi connectivity index (χ1n) is 11.7. The Kier molecular flexibility index (Phi) is 7.61. The quantitative estimate of drug-likeness (QED) is 0.403. The lowest BCUT2D eigenvalue weighted by Gasteiger charge is -2.33.